The van der Waals surface area contributed by atoms with Crippen molar-refractivity contribution in [3.05, 3.63) is 35.3 Å². The number of carbonyl (C=O) groups is 1. The molecule has 1 aromatic heterocycles. The number of ether oxygens (including phenoxy) is 3. The van der Waals surface area contributed by atoms with E-state index >= 15 is 0 Å². The summed E-state index contributed by atoms with van der Waals surface area (Å²) in [4.78, 5) is 17.0. The van der Waals surface area contributed by atoms with Gasteiger partial charge in [-0.05, 0) is 30.5 Å². The number of nitrogens with one attached hydrogen (secondary N) is 1. The average Bonchev–Trinajstić information content (AvgIpc) is 3.13. The van der Waals surface area contributed by atoms with Crippen LogP contribution in [0.15, 0.2) is 29.7 Å². The molecule has 0 bridgehead atoms. The molecule has 136 valence electrons. The number of nitrogens with zero attached hydrogens (tertiary/aromatic N) is 3. The summed E-state index contributed by atoms with van der Waals surface area (Å²) in [7, 11) is 4.70. The minimum Gasteiger partial charge on any atom is -0.493 e. The van der Waals surface area contributed by atoms with Crippen molar-refractivity contribution in [1.29, 1.82) is 0 Å². The summed E-state index contributed by atoms with van der Waals surface area (Å²) in [6, 6.07) is 3.33. The normalized spacial score (nSPS) is 18.7. The lowest BCUT2D eigenvalue weighted by Gasteiger charge is -2.32. The predicted molar refractivity (Wildman–Crippen MR) is 93.8 cm³/mol. The van der Waals surface area contributed by atoms with Gasteiger partial charge in [-0.3, -0.25) is 4.79 Å². The number of carbonyl (C=O) groups excluding carboxylic acids is 1. The first-order valence-corrected chi connectivity index (χ1v) is 8.40. The van der Waals surface area contributed by atoms with E-state index < -0.39 is 0 Å². The molecule has 0 radical (unpaired) electrons. The second-order valence-electron chi connectivity index (χ2n) is 6.18. The van der Waals surface area contributed by atoms with E-state index in [1.54, 1.807) is 26.0 Å². The number of allylic oxidation sites excluding steroid dienone is 2. The van der Waals surface area contributed by atoms with Gasteiger partial charge in [0.25, 0.3) is 0 Å². The van der Waals surface area contributed by atoms with E-state index in [0.29, 0.717) is 29.6 Å². The van der Waals surface area contributed by atoms with Crippen LogP contribution in [0.5, 0.6) is 17.2 Å². The first-order chi connectivity index (χ1) is 12.7. The summed E-state index contributed by atoms with van der Waals surface area (Å²) >= 11 is 0. The molecular formula is C18H20N4O4. The third kappa shape index (κ3) is 2.40. The fourth-order valence-corrected chi connectivity index (χ4v) is 3.66. The number of hydrogen-bond acceptors (Lipinski definition) is 7. The Balaban J connectivity index is 1.93. The standard InChI is InChI=1S/C18H20N4O4/c1-24-13-7-10(8-14(25-2)17(13)26-3)16-15-11(5-4-6-12(15)23)21-18-19-9-20-22(16)18/h7-9,16H,4-6H2,1-3H3,(H,19,20,21)/t16-/m0/s1. The molecule has 0 saturated heterocycles. The second kappa shape index (κ2) is 6.36. The van der Waals surface area contributed by atoms with Crippen LogP contribution >= 0.6 is 0 Å². The summed E-state index contributed by atoms with van der Waals surface area (Å²) < 4.78 is 18.1. The van der Waals surface area contributed by atoms with Crippen molar-refractivity contribution < 1.29 is 19.0 Å². The van der Waals surface area contributed by atoms with Crippen molar-refractivity contribution >= 4 is 11.7 Å². The molecule has 4 rings (SSSR count). The number of ketones is 1. The maximum absolute atomic E-state index is 12.7. The van der Waals surface area contributed by atoms with Crippen LogP contribution in [0.25, 0.3) is 0 Å². The molecule has 2 aliphatic rings. The lowest BCUT2D eigenvalue weighted by atomic mass is 9.85. The van der Waals surface area contributed by atoms with Crippen LogP contribution in [-0.2, 0) is 4.79 Å². The zero-order valence-corrected chi connectivity index (χ0v) is 14.9. The van der Waals surface area contributed by atoms with Crippen molar-refractivity contribution in [2.75, 3.05) is 26.6 Å². The van der Waals surface area contributed by atoms with Gasteiger partial charge in [0.05, 0.1) is 21.3 Å². The van der Waals surface area contributed by atoms with E-state index in [2.05, 4.69) is 15.4 Å². The number of methoxy groups -OCH3 is 3. The highest BCUT2D eigenvalue weighted by Crippen LogP contribution is 2.45. The molecule has 8 heteroatoms. The van der Waals surface area contributed by atoms with Crippen molar-refractivity contribution in [3.63, 3.8) is 0 Å². The van der Waals surface area contributed by atoms with Crippen LogP contribution < -0.4 is 19.5 Å². The van der Waals surface area contributed by atoms with E-state index in [-0.39, 0.29) is 11.8 Å². The van der Waals surface area contributed by atoms with Gasteiger partial charge in [-0.25, -0.2) is 4.68 Å². The lowest BCUT2D eigenvalue weighted by molar-refractivity contribution is -0.116. The molecule has 1 atom stereocenters. The Morgan fingerprint density at radius 2 is 1.85 bits per heavy atom. The number of fused-ring (bicyclic) bond motifs is 1. The second-order valence-corrected chi connectivity index (χ2v) is 6.18. The van der Waals surface area contributed by atoms with Crippen LogP contribution in [0, 0.1) is 0 Å². The maximum Gasteiger partial charge on any atom is 0.226 e. The molecule has 2 heterocycles. The highest BCUT2D eigenvalue weighted by molar-refractivity contribution is 5.99. The van der Waals surface area contributed by atoms with Crippen molar-refractivity contribution in [1.82, 2.24) is 14.8 Å². The predicted octanol–water partition coefficient (Wildman–Crippen LogP) is 2.33. The molecule has 1 N–H and O–H groups in total. The van der Waals surface area contributed by atoms with Crippen LogP contribution in [0.3, 0.4) is 0 Å². The number of benzene rings is 1. The highest BCUT2D eigenvalue weighted by Gasteiger charge is 2.37. The Bertz CT molecular complexity index is 877. The van der Waals surface area contributed by atoms with Gasteiger partial charge < -0.3 is 19.5 Å². The summed E-state index contributed by atoms with van der Waals surface area (Å²) in [6.45, 7) is 0. The Labute approximate surface area is 150 Å². The molecule has 1 aromatic carbocycles. The monoisotopic (exact) mass is 356 g/mol. The zero-order chi connectivity index (χ0) is 18.3. The molecular weight excluding hydrogens is 336 g/mol. The van der Waals surface area contributed by atoms with Gasteiger partial charge in [-0.1, -0.05) is 0 Å². The van der Waals surface area contributed by atoms with Gasteiger partial charge in [0.2, 0.25) is 11.7 Å². The maximum atomic E-state index is 12.7. The number of hydrogen-bond donors (Lipinski definition) is 1. The van der Waals surface area contributed by atoms with E-state index in [4.69, 9.17) is 14.2 Å². The fraction of sp³-hybridized carbons (Fsp3) is 0.389. The summed E-state index contributed by atoms with van der Waals surface area (Å²) in [5.74, 6) is 2.33. The van der Waals surface area contributed by atoms with Crippen LogP contribution in [0.4, 0.5) is 5.95 Å². The molecule has 0 amide bonds. The number of anilines is 1. The van der Waals surface area contributed by atoms with Crippen LogP contribution in [-0.4, -0.2) is 41.9 Å². The smallest absolute Gasteiger partial charge is 0.226 e. The Morgan fingerprint density at radius 3 is 2.50 bits per heavy atom. The van der Waals surface area contributed by atoms with Crippen LogP contribution in [0.2, 0.25) is 0 Å². The highest BCUT2D eigenvalue weighted by atomic mass is 16.5. The molecule has 1 aliphatic carbocycles. The van der Waals surface area contributed by atoms with Crippen LogP contribution in [0.1, 0.15) is 30.9 Å². The number of rotatable bonds is 4. The minimum atomic E-state index is -0.384. The summed E-state index contributed by atoms with van der Waals surface area (Å²) in [5, 5.41) is 7.59. The molecule has 0 unspecified atom stereocenters. The SMILES string of the molecule is COc1cc([C@H]2C3=C(CCCC3=O)Nc3ncnn32)cc(OC)c1OC. The number of Topliss-reactive ketones (excluding diaryl/α,β-unsaturated/α-hetero) is 1. The van der Waals surface area contributed by atoms with Crippen molar-refractivity contribution in [3.8, 4) is 17.2 Å². The Hall–Kier alpha value is -3.03. The largest absolute Gasteiger partial charge is 0.493 e. The molecule has 0 spiro atoms. The number of aromatic nitrogens is 3. The molecule has 2 aromatic rings. The van der Waals surface area contributed by atoms with E-state index in [0.717, 1.165) is 29.7 Å². The third-order valence-corrected chi connectivity index (χ3v) is 4.81. The topological polar surface area (TPSA) is 87.5 Å². The fourth-order valence-electron chi connectivity index (χ4n) is 3.66. The van der Waals surface area contributed by atoms with Gasteiger partial charge in [0.1, 0.15) is 12.4 Å². The quantitative estimate of drug-likeness (QED) is 0.899. The van der Waals surface area contributed by atoms with Gasteiger partial charge >= 0.3 is 0 Å². The third-order valence-electron chi connectivity index (χ3n) is 4.81. The molecule has 0 saturated carbocycles. The Morgan fingerprint density at radius 1 is 1.12 bits per heavy atom. The molecule has 26 heavy (non-hydrogen) atoms. The van der Waals surface area contributed by atoms with Gasteiger partial charge in [-0.2, -0.15) is 10.1 Å². The van der Waals surface area contributed by atoms with E-state index in [1.165, 1.54) is 6.33 Å². The Kier molecular flexibility index (Phi) is 4.02. The minimum absolute atomic E-state index is 0.124. The van der Waals surface area contributed by atoms with E-state index in [1.807, 2.05) is 12.1 Å². The summed E-state index contributed by atoms with van der Waals surface area (Å²) in [6.07, 6.45) is 3.66. The average molecular weight is 356 g/mol. The van der Waals surface area contributed by atoms with Gasteiger partial charge in [0.15, 0.2) is 17.3 Å². The molecule has 0 fully saturated rings. The first-order valence-electron chi connectivity index (χ1n) is 8.40. The zero-order valence-electron chi connectivity index (χ0n) is 14.9. The molecule has 1 aliphatic heterocycles. The van der Waals surface area contributed by atoms with Crippen molar-refractivity contribution in [2.24, 2.45) is 0 Å². The molecule has 8 nitrogen and oxygen atoms in total. The first kappa shape index (κ1) is 16.4. The van der Waals surface area contributed by atoms with Gasteiger partial charge in [-0.15, -0.1) is 0 Å². The van der Waals surface area contributed by atoms with E-state index in [9.17, 15) is 4.79 Å². The lowest BCUT2D eigenvalue weighted by Crippen LogP contribution is -2.31. The van der Waals surface area contributed by atoms with Crippen molar-refractivity contribution in [2.45, 2.75) is 25.3 Å². The summed E-state index contributed by atoms with van der Waals surface area (Å²) in [5.41, 5.74) is 2.47. The van der Waals surface area contributed by atoms with Gasteiger partial charge in [0, 0.05) is 17.7 Å².